The monoisotopic (exact) mass is 401 g/mol. The molecule has 6 nitrogen and oxygen atoms in total. The first kappa shape index (κ1) is 20.3. The van der Waals surface area contributed by atoms with Crippen LogP contribution < -0.4 is 4.90 Å². The normalized spacial score (nSPS) is 16.9. The highest BCUT2D eigenvalue weighted by atomic mass is 32.1. The van der Waals surface area contributed by atoms with Crippen LogP contribution in [0.4, 0.5) is 9.93 Å². The van der Waals surface area contributed by atoms with Gasteiger partial charge in [-0.05, 0) is 34.1 Å². The van der Waals surface area contributed by atoms with Crippen LogP contribution in [-0.4, -0.2) is 47.1 Å². The number of amides is 2. The summed E-state index contributed by atoms with van der Waals surface area (Å²) in [6.45, 7) is 8.95. The Kier molecular flexibility index (Phi) is 6.03. The predicted octanol–water partition coefficient (Wildman–Crippen LogP) is 4.42. The van der Waals surface area contributed by atoms with Crippen molar-refractivity contribution in [2.75, 3.05) is 24.5 Å². The van der Waals surface area contributed by atoms with Crippen molar-refractivity contribution in [3.63, 3.8) is 0 Å². The molecular formula is C21H27N3O3S. The third kappa shape index (κ3) is 4.70. The number of ether oxygens (including phenoxy) is 1. The smallest absolute Gasteiger partial charge is 0.410 e. The van der Waals surface area contributed by atoms with Gasteiger partial charge in [0, 0.05) is 30.6 Å². The van der Waals surface area contributed by atoms with Gasteiger partial charge in [0.05, 0.1) is 11.6 Å². The molecule has 3 rings (SSSR count). The lowest BCUT2D eigenvalue weighted by molar-refractivity contribution is -0.121. The highest BCUT2D eigenvalue weighted by Gasteiger charge is 2.36. The number of hydrogen-bond acceptors (Lipinski definition) is 5. The minimum atomic E-state index is -0.538. The van der Waals surface area contributed by atoms with Crippen molar-refractivity contribution in [2.24, 2.45) is 5.92 Å². The van der Waals surface area contributed by atoms with E-state index in [0.717, 1.165) is 11.3 Å². The van der Waals surface area contributed by atoms with Gasteiger partial charge < -0.3 is 9.64 Å². The number of benzene rings is 1. The summed E-state index contributed by atoms with van der Waals surface area (Å²) in [7, 11) is 0. The molecule has 1 aliphatic rings. The molecule has 2 amide bonds. The molecule has 1 atom stereocenters. The second-order valence-electron chi connectivity index (χ2n) is 7.88. The van der Waals surface area contributed by atoms with Crippen molar-refractivity contribution in [1.29, 1.82) is 0 Å². The Morgan fingerprint density at radius 3 is 2.64 bits per heavy atom. The van der Waals surface area contributed by atoms with Crippen LogP contribution in [-0.2, 0) is 9.53 Å². The molecule has 1 aromatic heterocycles. The van der Waals surface area contributed by atoms with E-state index in [4.69, 9.17) is 4.74 Å². The van der Waals surface area contributed by atoms with Crippen molar-refractivity contribution in [2.45, 2.75) is 39.7 Å². The van der Waals surface area contributed by atoms with Crippen LogP contribution >= 0.6 is 11.3 Å². The quantitative estimate of drug-likeness (QED) is 0.761. The van der Waals surface area contributed by atoms with Gasteiger partial charge in [-0.1, -0.05) is 30.3 Å². The summed E-state index contributed by atoms with van der Waals surface area (Å²) in [5.41, 5.74) is 1.36. The summed E-state index contributed by atoms with van der Waals surface area (Å²) in [6, 6.07) is 9.93. The Hall–Kier alpha value is -2.41. The molecular weight excluding hydrogens is 374 g/mol. The molecule has 150 valence electrons. The lowest BCUT2D eigenvalue weighted by atomic mass is 10.1. The molecule has 0 bridgehead atoms. The van der Waals surface area contributed by atoms with Crippen LogP contribution in [0, 0.1) is 5.92 Å². The van der Waals surface area contributed by atoms with Crippen molar-refractivity contribution < 1.29 is 14.3 Å². The Labute approximate surface area is 170 Å². The van der Waals surface area contributed by atoms with Crippen LogP contribution in [0.15, 0.2) is 35.7 Å². The molecule has 0 spiro atoms. The number of hydrogen-bond donors (Lipinski definition) is 0. The first-order valence-electron chi connectivity index (χ1n) is 9.58. The van der Waals surface area contributed by atoms with Crippen LogP contribution in [0.1, 0.15) is 34.1 Å². The zero-order chi connectivity index (χ0) is 20.3. The number of aromatic nitrogens is 1. The van der Waals surface area contributed by atoms with E-state index in [2.05, 4.69) is 4.98 Å². The molecule has 0 N–H and O–H groups in total. The summed E-state index contributed by atoms with van der Waals surface area (Å²) in [5.74, 6) is -0.209. The van der Waals surface area contributed by atoms with Gasteiger partial charge in [0.25, 0.3) is 0 Å². The first-order valence-corrected chi connectivity index (χ1v) is 10.5. The van der Waals surface area contributed by atoms with Crippen molar-refractivity contribution >= 4 is 28.5 Å². The van der Waals surface area contributed by atoms with Crippen LogP contribution in [0.25, 0.3) is 11.3 Å². The van der Waals surface area contributed by atoms with Crippen LogP contribution in [0.2, 0.25) is 0 Å². The number of likely N-dealkylation sites (tertiary alicyclic amines) is 1. The average Bonchev–Trinajstić information content (AvgIpc) is 3.32. The van der Waals surface area contributed by atoms with Gasteiger partial charge in [0.2, 0.25) is 5.91 Å². The van der Waals surface area contributed by atoms with Gasteiger partial charge in [-0.15, -0.1) is 11.3 Å². The maximum atomic E-state index is 13.1. The zero-order valence-corrected chi connectivity index (χ0v) is 17.7. The Morgan fingerprint density at radius 1 is 1.29 bits per heavy atom. The molecule has 1 aliphatic heterocycles. The van der Waals surface area contributed by atoms with Gasteiger partial charge in [0.1, 0.15) is 5.60 Å². The number of nitrogens with zero attached hydrogens (tertiary/aromatic N) is 3. The van der Waals surface area contributed by atoms with E-state index in [1.807, 2.05) is 63.4 Å². The molecule has 1 fully saturated rings. The summed E-state index contributed by atoms with van der Waals surface area (Å²) >= 11 is 1.47. The molecule has 1 aromatic carbocycles. The fraction of sp³-hybridized carbons (Fsp3) is 0.476. The zero-order valence-electron chi connectivity index (χ0n) is 16.8. The molecule has 1 unspecified atom stereocenters. The number of thiazole rings is 1. The second-order valence-corrected chi connectivity index (χ2v) is 8.71. The van der Waals surface area contributed by atoms with Crippen molar-refractivity contribution in [3.8, 4) is 11.3 Å². The SMILES string of the molecule is CCN(C(=O)C1CCN(C(=O)OC(C)(C)C)C1)c1nc(-c2ccccc2)cs1. The van der Waals surface area contributed by atoms with E-state index in [0.29, 0.717) is 31.2 Å². The number of carbonyl (C=O) groups excluding carboxylic acids is 2. The molecule has 2 aromatic rings. The number of rotatable bonds is 4. The van der Waals surface area contributed by atoms with Crippen LogP contribution in [0.3, 0.4) is 0 Å². The minimum Gasteiger partial charge on any atom is -0.444 e. The summed E-state index contributed by atoms with van der Waals surface area (Å²) in [4.78, 5) is 33.4. The molecule has 1 saturated heterocycles. The third-order valence-electron chi connectivity index (χ3n) is 4.56. The Bertz CT molecular complexity index is 829. The maximum Gasteiger partial charge on any atom is 0.410 e. The molecule has 0 radical (unpaired) electrons. The minimum absolute atomic E-state index is 0.0162. The van der Waals surface area contributed by atoms with E-state index < -0.39 is 5.60 Å². The predicted molar refractivity (Wildman–Crippen MR) is 111 cm³/mol. The molecule has 7 heteroatoms. The fourth-order valence-corrected chi connectivity index (χ4v) is 4.09. The van der Waals surface area contributed by atoms with Crippen molar-refractivity contribution in [3.05, 3.63) is 35.7 Å². The fourth-order valence-electron chi connectivity index (χ4n) is 3.19. The van der Waals surface area contributed by atoms with E-state index in [-0.39, 0.29) is 17.9 Å². The largest absolute Gasteiger partial charge is 0.444 e. The van der Waals surface area contributed by atoms with Gasteiger partial charge in [0.15, 0.2) is 5.13 Å². The molecule has 28 heavy (non-hydrogen) atoms. The van der Waals surface area contributed by atoms with Gasteiger partial charge >= 0.3 is 6.09 Å². The summed E-state index contributed by atoms with van der Waals surface area (Å²) in [6.07, 6.45) is 0.289. The highest BCUT2D eigenvalue weighted by molar-refractivity contribution is 7.14. The Morgan fingerprint density at radius 2 is 2.00 bits per heavy atom. The van der Waals surface area contributed by atoms with Gasteiger partial charge in [-0.2, -0.15) is 0 Å². The Balaban J connectivity index is 1.68. The van der Waals surface area contributed by atoms with E-state index in [1.54, 1.807) is 9.80 Å². The molecule has 0 aliphatic carbocycles. The van der Waals surface area contributed by atoms with Crippen molar-refractivity contribution in [1.82, 2.24) is 9.88 Å². The van der Waals surface area contributed by atoms with E-state index in [1.165, 1.54) is 11.3 Å². The summed E-state index contributed by atoms with van der Waals surface area (Å²) < 4.78 is 5.43. The third-order valence-corrected chi connectivity index (χ3v) is 5.43. The molecule has 2 heterocycles. The highest BCUT2D eigenvalue weighted by Crippen LogP contribution is 2.30. The standard InChI is InChI=1S/C21H27N3O3S/c1-5-24(19-22-17(14-28-19)15-9-7-6-8-10-15)18(25)16-11-12-23(13-16)20(26)27-21(2,3)4/h6-10,14,16H,5,11-13H2,1-4H3. The van der Waals surface area contributed by atoms with Gasteiger partial charge in [-0.25, -0.2) is 9.78 Å². The summed E-state index contributed by atoms with van der Waals surface area (Å²) in [5, 5.41) is 2.67. The number of carbonyl (C=O) groups is 2. The number of anilines is 1. The first-order chi connectivity index (χ1) is 13.3. The topological polar surface area (TPSA) is 62.7 Å². The van der Waals surface area contributed by atoms with E-state index in [9.17, 15) is 9.59 Å². The van der Waals surface area contributed by atoms with Crippen LogP contribution in [0.5, 0.6) is 0 Å². The molecule has 0 saturated carbocycles. The average molecular weight is 402 g/mol. The second kappa shape index (κ2) is 8.31. The van der Waals surface area contributed by atoms with Gasteiger partial charge in [-0.3, -0.25) is 9.69 Å². The lowest BCUT2D eigenvalue weighted by Crippen LogP contribution is -2.39. The lowest BCUT2D eigenvalue weighted by Gasteiger charge is -2.25. The van der Waals surface area contributed by atoms with E-state index >= 15 is 0 Å². The maximum absolute atomic E-state index is 13.1.